The van der Waals surface area contributed by atoms with Crippen molar-refractivity contribution in [3.8, 4) is 5.69 Å². The Morgan fingerprint density at radius 3 is 2.68 bits per heavy atom. The summed E-state index contributed by atoms with van der Waals surface area (Å²) in [5.74, 6) is -0.484. The van der Waals surface area contributed by atoms with Gasteiger partial charge >= 0.3 is 5.97 Å². The van der Waals surface area contributed by atoms with Gasteiger partial charge in [0.25, 0.3) is 0 Å². The number of aromatic nitrogens is 2. The van der Waals surface area contributed by atoms with E-state index in [1.54, 1.807) is 0 Å². The first kappa shape index (κ1) is 11.6. The van der Waals surface area contributed by atoms with E-state index >= 15 is 0 Å². The molecule has 0 spiro atoms. The minimum absolute atomic E-state index is 0.0153. The second-order valence-corrected chi connectivity index (χ2v) is 4.34. The third-order valence-electron chi connectivity index (χ3n) is 3.23. The second-order valence-electron chi connectivity index (χ2n) is 4.34. The summed E-state index contributed by atoms with van der Waals surface area (Å²) in [5, 5.41) is 4.24. The van der Waals surface area contributed by atoms with Gasteiger partial charge in [0.15, 0.2) is 11.5 Å². The van der Waals surface area contributed by atoms with Crippen LogP contribution in [-0.4, -0.2) is 28.6 Å². The summed E-state index contributed by atoms with van der Waals surface area (Å²) in [4.78, 5) is 23.7. The van der Waals surface area contributed by atoms with E-state index in [4.69, 9.17) is 4.74 Å². The summed E-state index contributed by atoms with van der Waals surface area (Å²) in [6, 6.07) is 9.30. The summed E-state index contributed by atoms with van der Waals surface area (Å²) in [5.41, 5.74) is 2.21. The minimum atomic E-state index is -0.499. The third-order valence-corrected chi connectivity index (χ3v) is 3.23. The summed E-state index contributed by atoms with van der Waals surface area (Å²) in [6.45, 7) is 0. The van der Waals surface area contributed by atoms with Crippen LogP contribution in [0.1, 0.15) is 33.0 Å². The van der Waals surface area contributed by atoms with Crippen LogP contribution in [0, 0.1) is 0 Å². The maximum absolute atomic E-state index is 12.0. The van der Waals surface area contributed by atoms with Crippen LogP contribution in [0.5, 0.6) is 0 Å². The van der Waals surface area contributed by atoms with Crippen molar-refractivity contribution in [2.75, 3.05) is 7.11 Å². The maximum atomic E-state index is 12.0. The molecule has 0 aliphatic heterocycles. The van der Waals surface area contributed by atoms with Crippen LogP contribution in [0.25, 0.3) is 5.69 Å². The predicted molar refractivity (Wildman–Crippen MR) is 67.6 cm³/mol. The summed E-state index contributed by atoms with van der Waals surface area (Å²) < 4.78 is 6.26. The Morgan fingerprint density at radius 1 is 1.26 bits per heavy atom. The van der Waals surface area contributed by atoms with E-state index in [9.17, 15) is 9.59 Å². The molecule has 0 saturated heterocycles. The number of benzene rings is 1. The van der Waals surface area contributed by atoms with Crippen LogP contribution >= 0.6 is 0 Å². The molecule has 0 amide bonds. The van der Waals surface area contributed by atoms with Gasteiger partial charge in [0.05, 0.1) is 12.8 Å². The summed E-state index contributed by atoms with van der Waals surface area (Å²) in [7, 11) is 1.31. The molecule has 3 rings (SSSR count). The lowest BCUT2D eigenvalue weighted by Crippen LogP contribution is -2.08. The number of ketones is 1. The molecule has 0 bridgehead atoms. The number of nitrogens with zero attached hydrogens (tertiary/aromatic N) is 2. The fraction of sp³-hybridized carbons (Fsp3) is 0.214. The third kappa shape index (κ3) is 1.74. The highest BCUT2D eigenvalue weighted by Gasteiger charge is 2.32. The van der Waals surface area contributed by atoms with Crippen molar-refractivity contribution in [3.05, 3.63) is 47.3 Å². The SMILES string of the molecule is COC(=O)c1nn(-c2ccccc2)c2c1CCC2=O. The van der Waals surface area contributed by atoms with Crippen molar-refractivity contribution < 1.29 is 14.3 Å². The molecule has 96 valence electrons. The highest BCUT2D eigenvalue weighted by Crippen LogP contribution is 2.28. The largest absolute Gasteiger partial charge is 0.464 e. The van der Waals surface area contributed by atoms with Crippen LogP contribution in [0.15, 0.2) is 30.3 Å². The van der Waals surface area contributed by atoms with E-state index in [1.807, 2.05) is 30.3 Å². The van der Waals surface area contributed by atoms with Crippen LogP contribution in [-0.2, 0) is 11.2 Å². The first-order valence-corrected chi connectivity index (χ1v) is 6.01. The number of hydrogen-bond acceptors (Lipinski definition) is 4. The summed E-state index contributed by atoms with van der Waals surface area (Å²) >= 11 is 0. The molecule has 1 aromatic carbocycles. The number of esters is 1. The highest BCUT2D eigenvalue weighted by molar-refractivity contribution is 6.03. The monoisotopic (exact) mass is 256 g/mol. The molecule has 0 atom stereocenters. The lowest BCUT2D eigenvalue weighted by Gasteiger charge is -2.03. The molecule has 19 heavy (non-hydrogen) atoms. The topological polar surface area (TPSA) is 61.2 Å². The number of rotatable bonds is 2. The molecule has 0 saturated carbocycles. The van der Waals surface area contributed by atoms with Gasteiger partial charge in [-0.3, -0.25) is 4.79 Å². The van der Waals surface area contributed by atoms with Crippen molar-refractivity contribution in [2.24, 2.45) is 0 Å². The zero-order valence-electron chi connectivity index (χ0n) is 10.4. The number of ether oxygens (including phenoxy) is 1. The van der Waals surface area contributed by atoms with E-state index < -0.39 is 5.97 Å². The standard InChI is InChI=1S/C14H12N2O3/c1-19-14(18)12-10-7-8-11(17)13(10)16(15-12)9-5-3-2-4-6-9/h2-6H,7-8H2,1H3. The number of carbonyl (C=O) groups excluding carboxylic acids is 2. The Morgan fingerprint density at radius 2 is 2.00 bits per heavy atom. The lowest BCUT2D eigenvalue weighted by atomic mass is 10.2. The molecular formula is C14H12N2O3. The van der Waals surface area contributed by atoms with Gasteiger partial charge in [-0.2, -0.15) is 5.10 Å². The van der Waals surface area contributed by atoms with Gasteiger partial charge in [-0.25, -0.2) is 9.48 Å². The smallest absolute Gasteiger partial charge is 0.358 e. The number of para-hydroxylation sites is 1. The Labute approximate surface area is 109 Å². The zero-order chi connectivity index (χ0) is 13.4. The number of carbonyl (C=O) groups is 2. The van der Waals surface area contributed by atoms with Gasteiger partial charge in [0.1, 0.15) is 5.69 Å². The van der Waals surface area contributed by atoms with Crippen LogP contribution < -0.4 is 0 Å². The van der Waals surface area contributed by atoms with Gasteiger partial charge in [-0.15, -0.1) is 0 Å². The highest BCUT2D eigenvalue weighted by atomic mass is 16.5. The van der Waals surface area contributed by atoms with Crippen LogP contribution in [0.4, 0.5) is 0 Å². The fourth-order valence-electron chi connectivity index (χ4n) is 2.35. The number of Topliss-reactive ketones (excluding diaryl/α,β-unsaturated/α-hetero) is 1. The maximum Gasteiger partial charge on any atom is 0.358 e. The molecule has 5 heteroatoms. The van der Waals surface area contributed by atoms with Crippen LogP contribution in [0.2, 0.25) is 0 Å². The van der Waals surface area contributed by atoms with E-state index in [2.05, 4.69) is 5.10 Å². The minimum Gasteiger partial charge on any atom is -0.464 e. The van der Waals surface area contributed by atoms with Crippen molar-refractivity contribution in [1.29, 1.82) is 0 Å². The lowest BCUT2D eigenvalue weighted by molar-refractivity contribution is 0.0592. The molecule has 0 unspecified atom stereocenters. The molecule has 1 aromatic heterocycles. The first-order chi connectivity index (χ1) is 9.22. The van der Waals surface area contributed by atoms with E-state index in [-0.39, 0.29) is 11.5 Å². The Bertz CT molecular complexity index is 659. The Balaban J connectivity index is 2.21. The van der Waals surface area contributed by atoms with Crippen molar-refractivity contribution in [1.82, 2.24) is 9.78 Å². The quantitative estimate of drug-likeness (QED) is 0.768. The van der Waals surface area contributed by atoms with E-state index in [1.165, 1.54) is 11.8 Å². The van der Waals surface area contributed by atoms with Crippen molar-refractivity contribution >= 4 is 11.8 Å². The van der Waals surface area contributed by atoms with Gasteiger partial charge < -0.3 is 4.74 Å². The Hall–Kier alpha value is -2.43. The molecule has 0 fully saturated rings. The Kier molecular flexibility index (Phi) is 2.67. The van der Waals surface area contributed by atoms with Crippen molar-refractivity contribution in [2.45, 2.75) is 12.8 Å². The predicted octanol–water partition coefficient (Wildman–Crippen LogP) is 1.79. The fourth-order valence-corrected chi connectivity index (χ4v) is 2.35. The molecule has 1 aliphatic carbocycles. The normalized spacial score (nSPS) is 13.4. The molecule has 2 aromatic rings. The zero-order valence-corrected chi connectivity index (χ0v) is 10.4. The van der Waals surface area contributed by atoms with Crippen molar-refractivity contribution in [3.63, 3.8) is 0 Å². The number of fused-ring (bicyclic) bond motifs is 1. The first-order valence-electron chi connectivity index (χ1n) is 6.01. The average molecular weight is 256 g/mol. The number of hydrogen-bond donors (Lipinski definition) is 0. The second kappa shape index (κ2) is 4.35. The van der Waals surface area contributed by atoms with Gasteiger partial charge in [-0.1, -0.05) is 18.2 Å². The van der Waals surface area contributed by atoms with E-state index in [0.717, 1.165) is 5.69 Å². The van der Waals surface area contributed by atoms with Crippen LogP contribution in [0.3, 0.4) is 0 Å². The molecular weight excluding hydrogens is 244 g/mol. The molecule has 1 heterocycles. The van der Waals surface area contributed by atoms with E-state index in [0.29, 0.717) is 24.1 Å². The molecule has 1 aliphatic rings. The van der Waals surface area contributed by atoms with Gasteiger partial charge in [0.2, 0.25) is 0 Å². The molecule has 0 N–H and O–H groups in total. The average Bonchev–Trinajstić information content (AvgIpc) is 3.00. The molecule has 5 nitrogen and oxygen atoms in total. The molecule has 0 radical (unpaired) electrons. The van der Waals surface area contributed by atoms with Gasteiger partial charge in [0, 0.05) is 12.0 Å². The summed E-state index contributed by atoms with van der Waals surface area (Å²) in [6.07, 6.45) is 0.968. The van der Waals surface area contributed by atoms with Gasteiger partial charge in [-0.05, 0) is 18.6 Å². The number of methoxy groups -OCH3 is 1.